The molecule has 0 bridgehead atoms. The molecular weight excluding hydrogens is 299 g/mol. The van der Waals surface area contributed by atoms with Crippen LogP contribution in [0.2, 0.25) is 0 Å². The van der Waals surface area contributed by atoms with Crippen molar-refractivity contribution >= 4 is 28.3 Å². The normalized spacial score (nSPS) is 22.1. The Bertz CT molecular complexity index is 306. The highest BCUT2D eigenvalue weighted by molar-refractivity contribution is 14.1. The molecule has 0 amide bonds. The van der Waals surface area contributed by atoms with Crippen LogP contribution in [0.5, 0.6) is 0 Å². The van der Waals surface area contributed by atoms with Crippen LogP contribution in [0.15, 0.2) is 24.3 Å². The summed E-state index contributed by atoms with van der Waals surface area (Å²) in [5.74, 6) is 0. The largest absolute Gasteiger partial charge is 0.382 e. The molecule has 1 aromatic rings. The van der Waals surface area contributed by atoms with Crippen LogP contribution in [0.25, 0.3) is 0 Å². The Hall–Kier alpha value is -0.290. The van der Waals surface area contributed by atoms with Crippen LogP contribution >= 0.6 is 22.6 Å². The highest BCUT2D eigenvalue weighted by Crippen LogP contribution is 2.16. The number of hydrogen-bond donors (Lipinski definition) is 2. The van der Waals surface area contributed by atoms with Crippen molar-refractivity contribution in [1.82, 2.24) is 5.32 Å². The summed E-state index contributed by atoms with van der Waals surface area (Å²) in [5.41, 5.74) is 1.26. The summed E-state index contributed by atoms with van der Waals surface area (Å²) in [7, 11) is 0. The fraction of sp³-hybridized carbons (Fsp3) is 0.500. The first kappa shape index (κ1) is 11.2. The average Bonchev–Trinajstić information content (AvgIpc) is 2.46. The predicted octanol–water partition coefficient (Wildman–Crippen LogP) is 2.85. The number of nitrogens with one attached hydrogen (secondary N) is 2. The standard InChI is InChI=1S/C12H17IN2/c13-10-3-1-4-12(9-10)15-11-5-2-7-14-8-6-11/h1,3-4,9,11,14-15H,2,5-8H2. The second-order valence-electron chi connectivity index (χ2n) is 4.03. The van der Waals surface area contributed by atoms with Gasteiger partial charge in [-0.1, -0.05) is 6.07 Å². The van der Waals surface area contributed by atoms with E-state index in [2.05, 4.69) is 57.5 Å². The van der Waals surface area contributed by atoms with E-state index in [0.29, 0.717) is 6.04 Å². The monoisotopic (exact) mass is 316 g/mol. The summed E-state index contributed by atoms with van der Waals surface area (Å²) < 4.78 is 1.30. The number of hydrogen-bond acceptors (Lipinski definition) is 2. The van der Waals surface area contributed by atoms with Gasteiger partial charge in [0.25, 0.3) is 0 Å². The summed E-state index contributed by atoms with van der Waals surface area (Å²) >= 11 is 2.35. The molecule has 1 aromatic carbocycles. The number of halogens is 1. The van der Waals surface area contributed by atoms with Gasteiger partial charge in [-0.3, -0.25) is 0 Å². The van der Waals surface area contributed by atoms with E-state index in [1.54, 1.807) is 0 Å². The summed E-state index contributed by atoms with van der Waals surface area (Å²) in [6.07, 6.45) is 3.78. The van der Waals surface area contributed by atoms with E-state index in [0.717, 1.165) is 6.54 Å². The Labute approximate surface area is 105 Å². The Morgan fingerprint density at radius 1 is 1.27 bits per heavy atom. The van der Waals surface area contributed by atoms with Crippen molar-refractivity contribution in [2.45, 2.75) is 25.3 Å². The van der Waals surface area contributed by atoms with Gasteiger partial charge < -0.3 is 10.6 Å². The third-order valence-electron chi connectivity index (χ3n) is 2.77. The number of benzene rings is 1. The van der Waals surface area contributed by atoms with Gasteiger partial charge in [0.05, 0.1) is 0 Å². The van der Waals surface area contributed by atoms with Crippen LogP contribution in [0, 0.1) is 3.57 Å². The molecule has 1 atom stereocenters. The molecule has 1 heterocycles. The molecule has 0 saturated carbocycles. The van der Waals surface area contributed by atoms with Gasteiger partial charge in [0.1, 0.15) is 0 Å². The molecule has 1 aliphatic heterocycles. The highest BCUT2D eigenvalue weighted by atomic mass is 127. The molecule has 0 aliphatic carbocycles. The van der Waals surface area contributed by atoms with Crippen molar-refractivity contribution < 1.29 is 0 Å². The summed E-state index contributed by atoms with van der Waals surface area (Å²) in [6, 6.07) is 9.23. The molecule has 0 aromatic heterocycles. The molecule has 2 N–H and O–H groups in total. The first-order valence-electron chi connectivity index (χ1n) is 5.57. The number of rotatable bonds is 2. The molecule has 15 heavy (non-hydrogen) atoms. The molecule has 0 spiro atoms. The third-order valence-corrected chi connectivity index (χ3v) is 3.44. The summed E-state index contributed by atoms with van der Waals surface area (Å²) in [6.45, 7) is 2.31. The Kier molecular flexibility index (Phi) is 4.26. The van der Waals surface area contributed by atoms with E-state index < -0.39 is 0 Å². The molecule has 2 nitrogen and oxygen atoms in total. The quantitative estimate of drug-likeness (QED) is 0.820. The van der Waals surface area contributed by atoms with Crippen LogP contribution in [0.3, 0.4) is 0 Å². The zero-order valence-electron chi connectivity index (χ0n) is 8.80. The van der Waals surface area contributed by atoms with Gasteiger partial charge in [0, 0.05) is 15.3 Å². The zero-order valence-corrected chi connectivity index (χ0v) is 11.0. The molecule has 3 heteroatoms. The lowest BCUT2D eigenvalue weighted by atomic mass is 10.1. The minimum Gasteiger partial charge on any atom is -0.382 e. The van der Waals surface area contributed by atoms with E-state index in [1.807, 2.05) is 0 Å². The van der Waals surface area contributed by atoms with E-state index in [9.17, 15) is 0 Å². The summed E-state index contributed by atoms with van der Waals surface area (Å²) in [4.78, 5) is 0. The molecule has 1 aliphatic rings. The minimum absolute atomic E-state index is 0.637. The first-order valence-corrected chi connectivity index (χ1v) is 6.65. The first-order chi connectivity index (χ1) is 7.34. The molecule has 1 fully saturated rings. The van der Waals surface area contributed by atoms with Crippen molar-refractivity contribution in [2.24, 2.45) is 0 Å². The lowest BCUT2D eigenvalue weighted by Crippen LogP contribution is -2.21. The average molecular weight is 316 g/mol. The van der Waals surface area contributed by atoms with Gasteiger partial charge in [-0.05, 0) is 73.1 Å². The smallest absolute Gasteiger partial charge is 0.0352 e. The maximum absolute atomic E-state index is 3.62. The maximum Gasteiger partial charge on any atom is 0.0352 e. The van der Waals surface area contributed by atoms with E-state index >= 15 is 0 Å². The van der Waals surface area contributed by atoms with Gasteiger partial charge in [-0.2, -0.15) is 0 Å². The van der Waals surface area contributed by atoms with Gasteiger partial charge in [-0.15, -0.1) is 0 Å². The van der Waals surface area contributed by atoms with Crippen molar-refractivity contribution in [3.8, 4) is 0 Å². The van der Waals surface area contributed by atoms with Crippen molar-refractivity contribution in [1.29, 1.82) is 0 Å². The van der Waals surface area contributed by atoms with E-state index in [-0.39, 0.29) is 0 Å². The second-order valence-corrected chi connectivity index (χ2v) is 5.28. The maximum atomic E-state index is 3.62. The number of anilines is 1. The zero-order chi connectivity index (χ0) is 10.5. The van der Waals surface area contributed by atoms with E-state index in [1.165, 1.54) is 35.1 Å². The van der Waals surface area contributed by atoms with E-state index in [4.69, 9.17) is 0 Å². The Morgan fingerprint density at radius 3 is 3.07 bits per heavy atom. The molecule has 2 rings (SSSR count). The highest BCUT2D eigenvalue weighted by Gasteiger charge is 2.11. The SMILES string of the molecule is Ic1cccc(NC2CCCNCC2)c1. The van der Waals surface area contributed by atoms with Gasteiger partial charge in [-0.25, -0.2) is 0 Å². The fourth-order valence-corrected chi connectivity index (χ4v) is 2.52. The van der Waals surface area contributed by atoms with Crippen LogP contribution in [0.4, 0.5) is 5.69 Å². The topological polar surface area (TPSA) is 24.1 Å². The second kappa shape index (κ2) is 5.70. The molecule has 82 valence electrons. The van der Waals surface area contributed by atoms with Crippen LogP contribution in [-0.4, -0.2) is 19.1 Å². The Morgan fingerprint density at radius 2 is 2.20 bits per heavy atom. The van der Waals surface area contributed by atoms with Crippen molar-refractivity contribution in [2.75, 3.05) is 18.4 Å². The Balaban J connectivity index is 1.95. The third kappa shape index (κ3) is 3.65. The molecule has 1 saturated heterocycles. The molecule has 0 radical (unpaired) electrons. The van der Waals surface area contributed by atoms with Crippen LogP contribution < -0.4 is 10.6 Å². The van der Waals surface area contributed by atoms with Crippen LogP contribution in [-0.2, 0) is 0 Å². The lowest BCUT2D eigenvalue weighted by Gasteiger charge is -2.17. The fourth-order valence-electron chi connectivity index (χ4n) is 1.98. The van der Waals surface area contributed by atoms with Gasteiger partial charge in [0.2, 0.25) is 0 Å². The van der Waals surface area contributed by atoms with Crippen LogP contribution in [0.1, 0.15) is 19.3 Å². The van der Waals surface area contributed by atoms with Crippen molar-refractivity contribution in [3.63, 3.8) is 0 Å². The van der Waals surface area contributed by atoms with Gasteiger partial charge >= 0.3 is 0 Å². The summed E-state index contributed by atoms with van der Waals surface area (Å²) in [5, 5.41) is 7.05. The predicted molar refractivity (Wildman–Crippen MR) is 73.3 cm³/mol. The molecular formula is C12H17IN2. The van der Waals surface area contributed by atoms with Gasteiger partial charge in [0.15, 0.2) is 0 Å². The molecule has 1 unspecified atom stereocenters. The minimum atomic E-state index is 0.637. The van der Waals surface area contributed by atoms with Crippen molar-refractivity contribution in [3.05, 3.63) is 27.8 Å². The lowest BCUT2D eigenvalue weighted by molar-refractivity contribution is 0.637.